The van der Waals surface area contributed by atoms with E-state index in [1.807, 2.05) is 10.9 Å². The molecule has 2 N–H and O–H groups in total. The van der Waals surface area contributed by atoms with Crippen molar-refractivity contribution in [1.82, 2.24) is 5.43 Å². The molecule has 0 saturated heterocycles. The van der Waals surface area contributed by atoms with Gasteiger partial charge in [0.25, 0.3) is 5.91 Å². The molecule has 0 aliphatic rings. The van der Waals surface area contributed by atoms with Crippen molar-refractivity contribution in [2.24, 2.45) is 0 Å². The topological polar surface area (TPSA) is 75.3 Å². The van der Waals surface area contributed by atoms with Crippen molar-refractivity contribution >= 4 is 21.4 Å². The van der Waals surface area contributed by atoms with Gasteiger partial charge >= 0.3 is 5.76 Å². The van der Waals surface area contributed by atoms with E-state index in [2.05, 4.69) is 0 Å². The van der Waals surface area contributed by atoms with Gasteiger partial charge in [-0.3, -0.25) is 15.6 Å². The second kappa shape index (κ2) is 7.05. The number of nitrogens with one attached hydrogen (secondary N) is 2. The fraction of sp³-hybridized carbons (Fsp3) is 0.0714. The number of anilines is 1. The minimum absolute atomic E-state index is 0.149. The SMILES string of the molecule is O=C(NNc1ccc(F)c(F)c1F)c1ccc(S(=O)(=O)C(F)F)cc1. The lowest BCUT2D eigenvalue weighted by atomic mass is 10.2. The third-order valence-electron chi connectivity index (χ3n) is 3.03. The van der Waals surface area contributed by atoms with Gasteiger partial charge in [0.05, 0.1) is 10.6 Å². The molecule has 0 fully saturated rings. The minimum atomic E-state index is -4.80. The summed E-state index contributed by atoms with van der Waals surface area (Å²) >= 11 is 0. The fourth-order valence-corrected chi connectivity index (χ4v) is 2.44. The monoisotopic (exact) mass is 380 g/mol. The van der Waals surface area contributed by atoms with Gasteiger partial charge in [0, 0.05) is 5.56 Å². The number of rotatable bonds is 5. The second-order valence-corrected chi connectivity index (χ2v) is 6.55. The van der Waals surface area contributed by atoms with Crippen molar-refractivity contribution < 1.29 is 35.2 Å². The van der Waals surface area contributed by atoms with Gasteiger partial charge in [0.15, 0.2) is 17.5 Å². The van der Waals surface area contributed by atoms with E-state index in [0.29, 0.717) is 6.07 Å². The summed E-state index contributed by atoms with van der Waals surface area (Å²) in [5.74, 6) is -9.21. The zero-order valence-electron chi connectivity index (χ0n) is 12.1. The maximum atomic E-state index is 13.4. The standard InChI is InChI=1S/C14H9F5N2O3S/c15-9-5-6-10(12(17)11(9)16)20-21-13(22)7-1-3-8(4-2-7)25(23,24)14(18)19/h1-6,14,20H,(H,21,22). The van der Waals surface area contributed by atoms with E-state index < -0.39 is 49.5 Å². The Labute approximate surface area is 138 Å². The molecule has 0 spiro atoms. The van der Waals surface area contributed by atoms with Gasteiger partial charge in [0.1, 0.15) is 0 Å². The molecule has 134 valence electrons. The molecule has 2 rings (SSSR count). The van der Waals surface area contributed by atoms with Crippen molar-refractivity contribution in [3.8, 4) is 0 Å². The Bertz CT molecular complexity index is 901. The number of amides is 1. The Balaban J connectivity index is 2.11. The van der Waals surface area contributed by atoms with Crippen molar-refractivity contribution in [2.45, 2.75) is 10.7 Å². The van der Waals surface area contributed by atoms with E-state index in [-0.39, 0.29) is 5.56 Å². The molecule has 0 aromatic heterocycles. The van der Waals surface area contributed by atoms with Gasteiger partial charge in [-0.1, -0.05) is 0 Å². The largest absolute Gasteiger partial charge is 0.341 e. The average Bonchev–Trinajstić information content (AvgIpc) is 2.58. The highest BCUT2D eigenvalue weighted by Crippen LogP contribution is 2.20. The van der Waals surface area contributed by atoms with E-state index in [1.54, 1.807) is 0 Å². The maximum absolute atomic E-state index is 13.4. The molecule has 0 unspecified atom stereocenters. The number of hydrazine groups is 1. The van der Waals surface area contributed by atoms with Gasteiger partial charge in [-0.25, -0.2) is 21.6 Å². The highest BCUT2D eigenvalue weighted by molar-refractivity contribution is 7.91. The van der Waals surface area contributed by atoms with Crippen LogP contribution < -0.4 is 10.9 Å². The smallest absolute Gasteiger partial charge is 0.295 e. The number of carbonyl (C=O) groups is 1. The summed E-state index contributed by atoms with van der Waals surface area (Å²) in [6.45, 7) is 0. The van der Waals surface area contributed by atoms with E-state index >= 15 is 0 Å². The Hall–Kier alpha value is -2.69. The van der Waals surface area contributed by atoms with Gasteiger partial charge in [-0.15, -0.1) is 0 Å². The van der Waals surface area contributed by atoms with Crippen LogP contribution in [0.25, 0.3) is 0 Å². The van der Waals surface area contributed by atoms with Gasteiger partial charge in [-0.2, -0.15) is 8.78 Å². The molecule has 0 saturated carbocycles. The average molecular weight is 380 g/mol. The Morgan fingerprint density at radius 2 is 1.52 bits per heavy atom. The van der Waals surface area contributed by atoms with E-state index in [0.717, 1.165) is 30.3 Å². The molecule has 0 atom stereocenters. The van der Waals surface area contributed by atoms with Crippen LogP contribution in [0.2, 0.25) is 0 Å². The lowest BCUT2D eigenvalue weighted by Crippen LogP contribution is -2.30. The van der Waals surface area contributed by atoms with Crippen molar-refractivity contribution in [3.05, 3.63) is 59.4 Å². The fourth-order valence-electron chi connectivity index (χ4n) is 1.72. The molecule has 0 aliphatic heterocycles. The zero-order valence-corrected chi connectivity index (χ0v) is 12.9. The second-order valence-electron chi connectivity index (χ2n) is 4.63. The summed E-state index contributed by atoms with van der Waals surface area (Å²) in [5.41, 5.74) is 3.29. The normalized spacial score (nSPS) is 11.4. The molecule has 2 aromatic rings. The summed E-state index contributed by atoms with van der Waals surface area (Å²) < 4.78 is 86.5. The van der Waals surface area contributed by atoms with Crippen LogP contribution in [0.3, 0.4) is 0 Å². The number of sulfone groups is 1. The zero-order chi connectivity index (χ0) is 18.8. The number of benzene rings is 2. The molecular weight excluding hydrogens is 371 g/mol. The van der Waals surface area contributed by atoms with E-state index in [9.17, 15) is 35.2 Å². The summed E-state index contributed by atoms with van der Waals surface area (Å²) in [6.07, 6.45) is 0. The molecule has 1 amide bonds. The highest BCUT2D eigenvalue weighted by Gasteiger charge is 2.26. The molecular formula is C14H9F5N2O3S. The predicted molar refractivity (Wildman–Crippen MR) is 77.0 cm³/mol. The molecule has 0 bridgehead atoms. The molecule has 0 radical (unpaired) electrons. The summed E-state index contributed by atoms with van der Waals surface area (Å²) in [6, 6.07) is 4.98. The minimum Gasteiger partial charge on any atom is -0.295 e. The van der Waals surface area contributed by atoms with Crippen molar-refractivity contribution in [2.75, 3.05) is 5.43 Å². The predicted octanol–water partition coefficient (Wildman–Crippen LogP) is 2.86. The summed E-state index contributed by atoms with van der Waals surface area (Å²) in [5, 5.41) is 0. The number of hydrogen-bond acceptors (Lipinski definition) is 4. The number of halogens is 5. The van der Waals surface area contributed by atoms with Crippen LogP contribution in [-0.2, 0) is 9.84 Å². The Kier molecular flexibility index (Phi) is 5.26. The quantitative estimate of drug-likeness (QED) is 0.475. The summed E-state index contributed by atoms with van der Waals surface area (Å²) in [7, 11) is -4.80. The number of hydrogen-bond donors (Lipinski definition) is 2. The lowest BCUT2D eigenvalue weighted by molar-refractivity contribution is 0.0962. The Morgan fingerprint density at radius 1 is 0.920 bits per heavy atom. The van der Waals surface area contributed by atoms with Crippen LogP contribution in [0.15, 0.2) is 41.3 Å². The number of alkyl halides is 2. The third kappa shape index (κ3) is 3.87. The van der Waals surface area contributed by atoms with Crippen LogP contribution >= 0.6 is 0 Å². The van der Waals surface area contributed by atoms with Gasteiger partial charge < -0.3 is 0 Å². The first-order valence-electron chi connectivity index (χ1n) is 6.46. The van der Waals surface area contributed by atoms with Crippen LogP contribution in [0, 0.1) is 17.5 Å². The molecule has 25 heavy (non-hydrogen) atoms. The van der Waals surface area contributed by atoms with E-state index in [4.69, 9.17) is 0 Å². The van der Waals surface area contributed by atoms with E-state index in [1.165, 1.54) is 0 Å². The van der Waals surface area contributed by atoms with Crippen LogP contribution in [-0.4, -0.2) is 20.1 Å². The first-order valence-corrected chi connectivity index (χ1v) is 8.01. The first kappa shape index (κ1) is 18.6. The first-order chi connectivity index (χ1) is 11.6. The lowest BCUT2D eigenvalue weighted by Gasteiger charge is -2.10. The van der Waals surface area contributed by atoms with Crippen LogP contribution in [0.4, 0.5) is 27.6 Å². The molecule has 2 aromatic carbocycles. The molecule has 11 heteroatoms. The van der Waals surface area contributed by atoms with Crippen molar-refractivity contribution in [3.63, 3.8) is 0 Å². The van der Waals surface area contributed by atoms with Crippen LogP contribution in [0.5, 0.6) is 0 Å². The number of carbonyl (C=O) groups excluding carboxylic acids is 1. The van der Waals surface area contributed by atoms with Gasteiger partial charge in [0.2, 0.25) is 9.84 Å². The van der Waals surface area contributed by atoms with Crippen molar-refractivity contribution in [1.29, 1.82) is 0 Å². The van der Waals surface area contributed by atoms with Gasteiger partial charge in [-0.05, 0) is 36.4 Å². The molecule has 0 aliphatic carbocycles. The Morgan fingerprint density at radius 3 is 2.08 bits per heavy atom. The summed E-state index contributed by atoms with van der Waals surface area (Å²) in [4.78, 5) is 11.1. The van der Waals surface area contributed by atoms with Crippen LogP contribution in [0.1, 0.15) is 10.4 Å². The highest BCUT2D eigenvalue weighted by atomic mass is 32.2. The molecule has 0 heterocycles. The third-order valence-corrected chi connectivity index (χ3v) is 4.42. The molecule has 5 nitrogen and oxygen atoms in total. The maximum Gasteiger partial charge on any atom is 0.341 e.